The van der Waals surface area contributed by atoms with E-state index in [0.717, 1.165) is 4.31 Å². The van der Waals surface area contributed by atoms with Crippen molar-refractivity contribution in [2.75, 3.05) is 17.4 Å². The van der Waals surface area contributed by atoms with Crippen LogP contribution >= 0.6 is 34.8 Å². The molecule has 1 N–H and O–H groups in total. The van der Waals surface area contributed by atoms with E-state index < -0.39 is 28.5 Å². The maximum atomic E-state index is 13.9. The Kier molecular flexibility index (Phi) is 10.7. The Morgan fingerprint density at radius 1 is 0.872 bits per heavy atom. The fraction of sp³-hybridized carbons (Fsp3) is 0.286. The van der Waals surface area contributed by atoms with Crippen molar-refractivity contribution in [2.45, 2.75) is 38.3 Å². The van der Waals surface area contributed by atoms with Crippen LogP contribution in [0.25, 0.3) is 0 Å². The molecule has 39 heavy (non-hydrogen) atoms. The number of nitrogens with one attached hydrogen (secondary N) is 1. The van der Waals surface area contributed by atoms with Gasteiger partial charge in [0.2, 0.25) is 11.8 Å². The molecular weight excluding hydrogens is 581 g/mol. The summed E-state index contributed by atoms with van der Waals surface area (Å²) in [5.74, 6) is -0.738. The summed E-state index contributed by atoms with van der Waals surface area (Å²) in [6.07, 6.45) is 0. The zero-order chi connectivity index (χ0) is 28.7. The van der Waals surface area contributed by atoms with Gasteiger partial charge in [0.15, 0.2) is 0 Å². The van der Waals surface area contributed by atoms with E-state index in [1.54, 1.807) is 49.4 Å². The van der Waals surface area contributed by atoms with Crippen molar-refractivity contribution in [2.24, 2.45) is 5.92 Å². The molecule has 0 saturated carbocycles. The third kappa shape index (κ3) is 8.11. The number of carbonyl (C=O) groups excluding carboxylic acids is 2. The zero-order valence-electron chi connectivity index (χ0n) is 21.8. The van der Waals surface area contributed by atoms with Gasteiger partial charge in [-0.3, -0.25) is 13.9 Å². The lowest BCUT2D eigenvalue weighted by molar-refractivity contribution is -0.139. The van der Waals surface area contributed by atoms with Crippen LogP contribution in [0.2, 0.25) is 15.1 Å². The second-order valence-electron chi connectivity index (χ2n) is 9.39. The third-order valence-corrected chi connectivity index (χ3v) is 8.66. The van der Waals surface area contributed by atoms with Gasteiger partial charge in [0, 0.05) is 18.1 Å². The van der Waals surface area contributed by atoms with Crippen LogP contribution in [0.15, 0.2) is 77.7 Å². The monoisotopic (exact) mass is 609 g/mol. The summed E-state index contributed by atoms with van der Waals surface area (Å²) in [7, 11) is -4.20. The minimum absolute atomic E-state index is 0.00649. The van der Waals surface area contributed by atoms with Crippen LogP contribution in [0.1, 0.15) is 26.3 Å². The summed E-state index contributed by atoms with van der Waals surface area (Å²) in [6.45, 7) is 5.41. The lowest BCUT2D eigenvalue weighted by Gasteiger charge is -2.32. The van der Waals surface area contributed by atoms with E-state index in [2.05, 4.69) is 5.32 Å². The van der Waals surface area contributed by atoms with Crippen LogP contribution in [0, 0.1) is 5.92 Å². The molecule has 11 heteroatoms. The van der Waals surface area contributed by atoms with Gasteiger partial charge in [-0.25, -0.2) is 8.42 Å². The highest BCUT2D eigenvalue weighted by molar-refractivity contribution is 7.92. The van der Waals surface area contributed by atoms with Crippen molar-refractivity contribution in [1.82, 2.24) is 10.2 Å². The van der Waals surface area contributed by atoms with Crippen molar-refractivity contribution >= 4 is 62.3 Å². The predicted molar refractivity (Wildman–Crippen MR) is 157 cm³/mol. The Hall–Kier alpha value is -2.78. The first kappa shape index (κ1) is 30.8. The second kappa shape index (κ2) is 13.5. The molecule has 2 amide bonds. The van der Waals surface area contributed by atoms with Gasteiger partial charge in [0.05, 0.1) is 20.6 Å². The van der Waals surface area contributed by atoms with Crippen LogP contribution in [-0.2, 0) is 26.2 Å². The number of hydrogen-bond donors (Lipinski definition) is 1. The Morgan fingerprint density at radius 3 is 2.18 bits per heavy atom. The molecule has 1 unspecified atom stereocenters. The van der Waals surface area contributed by atoms with E-state index in [1.165, 1.54) is 35.2 Å². The lowest BCUT2D eigenvalue weighted by atomic mass is 10.1. The van der Waals surface area contributed by atoms with Crippen LogP contribution in [0.4, 0.5) is 5.69 Å². The number of benzene rings is 3. The maximum absolute atomic E-state index is 13.9. The molecule has 0 aliphatic rings. The number of halogens is 3. The van der Waals surface area contributed by atoms with Gasteiger partial charge in [-0.2, -0.15) is 0 Å². The van der Waals surface area contributed by atoms with E-state index in [4.69, 9.17) is 34.8 Å². The summed E-state index contributed by atoms with van der Waals surface area (Å²) in [6, 6.07) is 18.1. The number of carbonyl (C=O) groups is 2. The number of rotatable bonds is 11. The zero-order valence-corrected chi connectivity index (χ0v) is 24.9. The first-order chi connectivity index (χ1) is 18.4. The molecule has 3 rings (SSSR count). The molecule has 0 radical (unpaired) electrons. The third-order valence-electron chi connectivity index (χ3n) is 5.90. The molecule has 208 valence electrons. The molecule has 0 aliphatic heterocycles. The number of nitrogens with zero attached hydrogens (tertiary/aromatic N) is 2. The molecule has 3 aromatic rings. The molecule has 0 aromatic heterocycles. The predicted octanol–water partition coefficient (Wildman–Crippen LogP) is 6.03. The fourth-order valence-electron chi connectivity index (χ4n) is 3.76. The average molecular weight is 611 g/mol. The van der Waals surface area contributed by atoms with Gasteiger partial charge in [0.1, 0.15) is 12.6 Å². The molecule has 0 bridgehead atoms. The first-order valence-electron chi connectivity index (χ1n) is 12.2. The second-order valence-corrected chi connectivity index (χ2v) is 12.5. The Bertz CT molecular complexity index is 1420. The van der Waals surface area contributed by atoms with Crippen molar-refractivity contribution < 1.29 is 18.0 Å². The Morgan fingerprint density at radius 2 is 1.56 bits per heavy atom. The summed E-state index contributed by atoms with van der Waals surface area (Å²) in [5, 5.41) is 3.69. The molecule has 7 nitrogen and oxygen atoms in total. The highest BCUT2D eigenvalue weighted by atomic mass is 35.5. The van der Waals surface area contributed by atoms with E-state index in [9.17, 15) is 18.0 Å². The lowest BCUT2D eigenvalue weighted by Crippen LogP contribution is -2.51. The van der Waals surface area contributed by atoms with Crippen molar-refractivity contribution in [1.29, 1.82) is 0 Å². The van der Waals surface area contributed by atoms with Gasteiger partial charge in [0.25, 0.3) is 10.0 Å². The highest BCUT2D eigenvalue weighted by Crippen LogP contribution is 2.31. The van der Waals surface area contributed by atoms with Crippen LogP contribution in [0.3, 0.4) is 0 Å². The molecule has 0 aliphatic carbocycles. The number of sulfonamides is 1. The Balaban J connectivity index is 2.03. The van der Waals surface area contributed by atoms with Gasteiger partial charge < -0.3 is 10.2 Å². The summed E-state index contributed by atoms with van der Waals surface area (Å²) >= 11 is 18.4. The van der Waals surface area contributed by atoms with Crippen LogP contribution < -0.4 is 9.62 Å². The molecule has 1 atom stereocenters. The number of hydrogen-bond acceptors (Lipinski definition) is 4. The smallest absolute Gasteiger partial charge is 0.264 e. The largest absolute Gasteiger partial charge is 0.354 e. The molecule has 0 saturated heterocycles. The van der Waals surface area contributed by atoms with E-state index >= 15 is 0 Å². The molecule has 0 spiro atoms. The molecule has 3 aromatic carbocycles. The van der Waals surface area contributed by atoms with Crippen molar-refractivity contribution in [3.8, 4) is 0 Å². The van der Waals surface area contributed by atoms with Gasteiger partial charge in [-0.1, -0.05) is 79.0 Å². The standard InChI is InChI=1S/C28H30Cl3N3O4S/c1-19(2)16-32-28(36)20(3)33(17-21-8-7-9-22(29)14-21)27(35)18-34(23-12-13-25(30)26(31)15-23)39(37,38)24-10-5-4-6-11-24/h4-15,19-20H,16-18H2,1-3H3,(H,32,36). The Labute approximate surface area is 244 Å². The molecule has 0 heterocycles. The van der Waals surface area contributed by atoms with E-state index in [-0.39, 0.29) is 39.0 Å². The minimum Gasteiger partial charge on any atom is -0.354 e. The summed E-state index contributed by atoms with van der Waals surface area (Å²) < 4.78 is 28.5. The van der Waals surface area contributed by atoms with Crippen LogP contribution in [-0.4, -0.2) is 44.3 Å². The van der Waals surface area contributed by atoms with Crippen molar-refractivity contribution in [3.05, 3.63) is 93.4 Å². The molecule has 0 fully saturated rings. The fourth-order valence-corrected chi connectivity index (χ4v) is 5.69. The average Bonchev–Trinajstić information content (AvgIpc) is 2.90. The first-order valence-corrected chi connectivity index (χ1v) is 14.8. The van der Waals surface area contributed by atoms with Crippen LogP contribution in [0.5, 0.6) is 0 Å². The van der Waals surface area contributed by atoms with E-state index in [0.29, 0.717) is 17.1 Å². The molecular formula is C28H30Cl3N3O4S. The van der Waals surface area contributed by atoms with Crippen molar-refractivity contribution in [3.63, 3.8) is 0 Å². The number of anilines is 1. The maximum Gasteiger partial charge on any atom is 0.264 e. The van der Waals surface area contributed by atoms with Gasteiger partial charge >= 0.3 is 0 Å². The number of amides is 2. The van der Waals surface area contributed by atoms with E-state index in [1.807, 2.05) is 13.8 Å². The topological polar surface area (TPSA) is 86.8 Å². The summed E-state index contributed by atoms with van der Waals surface area (Å²) in [5.41, 5.74) is 0.840. The van der Waals surface area contributed by atoms with Gasteiger partial charge in [-0.15, -0.1) is 0 Å². The minimum atomic E-state index is -4.20. The summed E-state index contributed by atoms with van der Waals surface area (Å²) in [4.78, 5) is 28.2. The highest BCUT2D eigenvalue weighted by Gasteiger charge is 2.32. The normalized spacial score (nSPS) is 12.2. The van der Waals surface area contributed by atoms with Gasteiger partial charge in [-0.05, 0) is 60.9 Å². The SMILES string of the molecule is CC(C)CNC(=O)C(C)N(Cc1cccc(Cl)c1)C(=O)CN(c1ccc(Cl)c(Cl)c1)S(=O)(=O)c1ccccc1. The quantitative estimate of drug-likeness (QED) is 0.287.